The summed E-state index contributed by atoms with van der Waals surface area (Å²) in [5.41, 5.74) is 2.62. The molecule has 1 aliphatic rings. The third-order valence-corrected chi connectivity index (χ3v) is 6.27. The number of nitrogens with one attached hydrogen (secondary N) is 2. The van der Waals surface area contributed by atoms with Crippen molar-refractivity contribution in [3.8, 4) is 0 Å². The molecule has 7 nitrogen and oxygen atoms in total. The van der Waals surface area contributed by atoms with Crippen LogP contribution in [0.4, 0.5) is 10.5 Å². The van der Waals surface area contributed by atoms with Crippen molar-refractivity contribution in [2.75, 3.05) is 32.1 Å². The number of benzene rings is 2. The number of fused-ring (bicyclic) bond motifs is 1. The lowest BCUT2D eigenvalue weighted by molar-refractivity contribution is 0.198. The fourth-order valence-corrected chi connectivity index (χ4v) is 4.44. The minimum absolute atomic E-state index is 0.285. The fraction of sp³-hybridized carbons (Fsp3) is 0.316. The van der Waals surface area contributed by atoms with Crippen LogP contribution < -0.4 is 10.6 Å². The Bertz CT molecular complexity index is 900. The van der Waals surface area contributed by atoms with Gasteiger partial charge in [0.15, 0.2) is 0 Å². The van der Waals surface area contributed by atoms with E-state index in [1.54, 1.807) is 37.4 Å². The van der Waals surface area contributed by atoms with Gasteiger partial charge in [-0.2, -0.15) is 4.31 Å². The van der Waals surface area contributed by atoms with Crippen molar-refractivity contribution in [1.82, 2.24) is 9.62 Å². The summed E-state index contributed by atoms with van der Waals surface area (Å²) >= 11 is 0. The van der Waals surface area contributed by atoms with E-state index in [2.05, 4.69) is 10.6 Å². The molecule has 3 rings (SSSR count). The Hall–Kier alpha value is -2.42. The number of urea groups is 1. The molecule has 144 valence electrons. The van der Waals surface area contributed by atoms with E-state index in [1.807, 2.05) is 18.2 Å². The lowest BCUT2D eigenvalue weighted by atomic mass is 10.0. The summed E-state index contributed by atoms with van der Waals surface area (Å²) in [6, 6.07) is 13.7. The fourth-order valence-electron chi connectivity index (χ4n) is 3.00. The topological polar surface area (TPSA) is 87.7 Å². The summed E-state index contributed by atoms with van der Waals surface area (Å²) in [6.07, 6.45) is 0.641. The van der Waals surface area contributed by atoms with Gasteiger partial charge < -0.3 is 15.4 Å². The molecule has 0 radical (unpaired) electrons. The highest BCUT2D eigenvalue weighted by atomic mass is 32.2. The maximum Gasteiger partial charge on any atom is 0.319 e. The zero-order valence-electron chi connectivity index (χ0n) is 15.1. The van der Waals surface area contributed by atoms with Crippen LogP contribution in [-0.2, 0) is 27.7 Å². The number of carbonyl (C=O) groups is 1. The van der Waals surface area contributed by atoms with Gasteiger partial charge in [0.1, 0.15) is 0 Å². The molecule has 27 heavy (non-hydrogen) atoms. The Balaban J connectivity index is 1.72. The Labute approximate surface area is 159 Å². The summed E-state index contributed by atoms with van der Waals surface area (Å²) in [6.45, 7) is 1.57. The van der Waals surface area contributed by atoms with Crippen LogP contribution >= 0.6 is 0 Å². The monoisotopic (exact) mass is 389 g/mol. The quantitative estimate of drug-likeness (QED) is 0.742. The van der Waals surface area contributed by atoms with Gasteiger partial charge in [-0.1, -0.05) is 24.3 Å². The zero-order chi connectivity index (χ0) is 19.3. The first-order valence-corrected chi connectivity index (χ1v) is 10.2. The van der Waals surface area contributed by atoms with Gasteiger partial charge in [-0.15, -0.1) is 0 Å². The highest BCUT2D eigenvalue weighted by Crippen LogP contribution is 2.27. The summed E-state index contributed by atoms with van der Waals surface area (Å²) in [5, 5.41) is 5.45. The number of ether oxygens (including phenoxy) is 1. The molecule has 0 saturated heterocycles. The van der Waals surface area contributed by atoms with Crippen LogP contribution in [0.5, 0.6) is 0 Å². The number of hydrogen-bond acceptors (Lipinski definition) is 4. The Morgan fingerprint density at radius 1 is 1.15 bits per heavy atom. The third-order valence-electron chi connectivity index (χ3n) is 4.41. The standard InChI is InChI=1S/C19H23N3O4S/c1-26-12-10-20-19(23)21-17-8-7-15-9-11-22(14-16(15)13-17)27(24,25)18-5-3-2-4-6-18/h2-8,13H,9-12,14H2,1H3,(H2,20,21,23). The van der Waals surface area contributed by atoms with E-state index in [4.69, 9.17) is 4.74 Å². The average Bonchev–Trinajstić information content (AvgIpc) is 2.68. The smallest absolute Gasteiger partial charge is 0.319 e. The van der Waals surface area contributed by atoms with Crippen LogP contribution in [0.1, 0.15) is 11.1 Å². The molecule has 0 aliphatic carbocycles. The number of carbonyl (C=O) groups excluding carboxylic acids is 1. The van der Waals surface area contributed by atoms with Gasteiger partial charge in [0.05, 0.1) is 11.5 Å². The molecule has 2 N–H and O–H groups in total. The molecule has 0 saturated carbocycles. The number of sulfonamides is 1. The Morgan fingerprint density at radius 2 is 1.93 bits per heavy atom. The van der Waals surface area contributed by atoms with Crippen molar-refractivity contribution >= 4 is 21.7 Å². The van der Waals surface area contributed by atoms with Crippen molar-refractivity contribution in [1.29, 1.82) is 0 Å². The van der Waals surface area contributed by atoms with Gasteiger partial charge >= 0.3 is 6.03 Å². The SMILES string of the molecule is COCCNC(=O)Nc1ccc2c(c1)CN(S(=O)(=O)c1ccccc1)CC2. The molecule has 2 amide bonds. The molecular formula is C19H23N3O4S. The van der Waals surface area contributed by atoms with Crippen molar-refractivity contribution in [3.63, 3.8) is 0 Å². The normalized spacial score (nSPS) is 14.4. The minimum Gasteiger partial charge on any atom is -0.383 e. The van der Waals surface area contributed by atoms with E-state index in [0.29, 0.717) is 36.7 Å². The molecule has 1 heterocycles. The van der Waals surface area contributed by atoms with Crippen molar-refractivity contribution in [2.45, 2.75) is 17.9 Å². The number of amides is 2. The van der Waals surface area contributed by atoms with E-state index in [0.717, 1.165) is 11.1 Å². The molecule has 0 unspecified atom stereocenters. The maximum atomic E-state index is 12.8. The molecule has 0 spiro atoms. The molecule has 2 aromatic rings. The van der Waals surface area contributed by atoms with E-state index in [1.165, 1.54) is 4.31 Å². The van der Waals surface area contributed by atoms with Crippen molar-refractivity contribution in [3.05, 3.63) is 59.7 Å². The van der Waals surface area contributed by atoms with Gasteiger partial charge in [-0.3, -0.25) is 0 Å². The molecule has 1 aliphatic heterocycles. The molecule has 0 aromatic heterocycles. The molecule has 0 atom stereocenters. The summed E-state index contributed by atoms with van der Waals surface area (Å²) in [5.74, 6) is 0. The predicted molar refractivity (Wildman–Crippen MR) is 103 cm³/mol. The van der Waals surface area contributed by atoms with Crippen LogP contribution in [0.15, 0.2) is 53.4 Å². The van der Waals surface area contributed by atoms with Gasteiger partial charge in [-0.05, 0) is 41.8 Å². The number of methoxy groups -OCH3 is 1. The van der Waals surface area contributed by atoms with E-state index in [9.17, 15) is 13.2 Å². The molecule has 0 fully saturated rings. The number of anilines is 1. The van der Waals surface area contributed by atoms with Gasteiger partial charge in [0.2, 0.25) is 10.0 Å². The summed E-state index contributed by atoms with van der Waals surface area (Å²) in [7, 11) is -1.97. The first kappa shape index (κ1) is 19.3. The predicted octanol–water partition coefficient (Wildman–Crippen LogP) is 2.20. The lowest BCUT2D eigenvalue weighted by Crippen LogP contribution is -2.36. The Kier molecular flexibility index (Phi) is 6.10. The minimum atomic E-state index is -3.54. The van der Waals surface area contributed by atoms with Crippen molar-refractivity contribution in [2.24, 2.45) is 0 Å². The maximum absolute atomic E-state index is 12.8. The highest BCUT2D eigenvalue weighted by Gasteiger charge is 2.28. The number of nitrogens with zero attached hydrogens (tertiary/aromatic N) is 1. The first-order chi connectivity index (χ1) is 13.0. The molecular weight excluding hydrogens is 366 g/mol. The molecule has 2 aromatic carbocycles. The van der Waals surface area contributed by atoms with Crippen LogP contribution in [0.3, 0.4) is 0 Å². The van der Waals surface area contributed by atoms with Crippen molar-refractivity contribution < 1.29 is 17.9 Å². The van der Waals surface area contributed by atoms with E-state index < -0.39 is 10.0 Å². The average molecular weight is 389 g/mol. The van der Waals surface area contributed by atoms with Gasteiger partial charge in [0.25, 0.3) is 0 Å². The number of rotatable bonds is 6. The van der Waals surface area contributed by atoms with Gasteiger partial charge in [-0.25, -0.2) is 13.2 Å². The Morgan fingerprint density at radius 3 is 2.67 bits per heavy atom. The lowest BCUT2D eigenvalue weighted by Gasteiger charge is -2.28. The number of hydrogen-bond donors (Lipinski definition) is 2. The van der Waals surface area contributed by atoms with E-state index in [-0.39, 0.29) is 12.6 Å². The second-order valence-corrected chi connectivity index (χ2v) is 8.20. The second kappa shape index (κ2) is 8.51. The van der Waals surface area contributed by atoms with Crippen LogP contribution in [0, 0.1) is 0 Å². The zero-order valence-corrected chi connectivity index (χ0v) is 16.0. The highest BCUT2D eigenvalue weighted by molar-refractivity contribution is 7.89. The second-order valence-electron chi connectivity index (χ2n) is 6.26. The molecule has 0 bridgehead atoms. The van der Waals surface area contributed by atoms with Crippen LogP contribution in [0.25, 0.3) is 0 Å². The van der Waals surface area contributed by atoms with Crippen LogP contribution in [0.2, 0.25) is 0 Å². The van der Waals surface area contributed by atoms with E-state index >= 15 is 0 Å². The van der Waals surface area contributed by atoms with Crippen LogP contribution in [-0.4, -0.2) is 45.6 Å². The third kappa shape index (κ3) is 4.65. The summed E-state index contributed by atoms with van der Waals surface area (Å²) in [4.78, 5) is 12.2. The van der Waals surface area contributed by atoms with Gasteiger partial charge in [0, 0.05) is 32.4 Å². The first-order valence-electron chi connectivity index (χ1n) is 8.71. The summed E-state index contributed by atoms with van der Waals surface area (Å²) < 4.78 is 32.1. The molecule has 8 heteroatoms. The largest absolute Gasteiger partial charge is 0.383 e.